The molecule has 1 atom stereocenters. The van der Waals surface area contributed by atoms with Gasteiger partial charge < -0.3 is 9.84 Å². The highest BCUT2D eigenvalue weighted by Gasteiger charge is 2.22. The van der Waals surface area contributed by atoms with E-state index in [1.807, 2.05) is 31.2 Å². The number of ether oxygens (including phenoxy) is 1. The molecule has 3 nitrogen and oxygen atoms in total. The Hall–Kier alpha value is -2.00. The number of benzene rings is 2. The number of carbonyl (C=O) groups is 1. The van der Waals surface area contributed by atoms with E-state index in [1.54, 1.807) is 24.3 Å². The zero-order valence-electron chi connectivity index (χ0n) is 11.8. The Balaban J connectivity index is 2.20. The Morgan fingerprint density at radius 3 is 2.38 bits per heavy atom. The van der Waals surface area contributed by atoms with E-state index in [1.165, 1.54) is 0 Å². The van der Waals surface area contributed by atoms with Crippen LogP contribution < -0.4 is 4.74 Å². The number of carboxylic acid groups (broad SMARTS) is 1. The monoisotopic (exact) mass is 304 g/mol. The Morgan fingerprint density at radius 1 is 1.14 bits per heavy atom. The van der Waals surface area contributed by atoms with Crippen molar-refractivity contribution in [2.45, 2.75) is 25.9 Å². The van der Waals surface area contributed by atoms with E-state index in [-0.39, 0.29) is 0 Å². The van der Waals surface area contributed by atoms with Gasteiger partial charge in [0.25, 0.3) is 0 Å². The van der Waals surface area contributed by atoms with Gasteiger partial charge in [-0.15, -0.1) is 0 Å². The third kappa shape index (κ3) is 3.99. The highest BCUT2D eigenvalue weighted by molar-refractivity contribution is 6.32. The van der Waals surface area contributed by atoms with Crippen molar-refractivity contribution in [1.82, 2.24) is 0 Å². The minimum absolute atomic E-state index is 0.310. The average molecular weight is 305 g/mol. The normalized spacial score (nSPS) is 11.9. The van der Waals surface area contributed by atoms with Gasteiger partial charge in [0.2, 0.25) is 0 Å². The van der Waals surface area contributed by atoms with Gasteiger partial charge in [-0.05, 0) is 29.7 Å². The molecule has 0 amide bonds. The molecular formula is C17H17ClO3. The summed E-state index contributed by atoms with van der Waals surface area (Å²) in [5, 5.41) is 9.79. The molecule has 0 aliphatic heterocycles. The fraction of sp³-hybridized carbons (Fsp3) is 0.235. The van der Waals surface area contributed by atoms with Crippen molar-refractivity contribution in [1.29, 1.82) is 0 Å². The maximum Gasteiger partial charge on any atom is 0.345 e. The summed E-state index contributed by atoms with van der Waals surface area (Å²) in [5.74, 6) is -0.610. The van der Waals surface area contributed by atoms with Crippen LogP contribution in [0.3, 0.4) is 0 Å². The molecule has 0 saturated heterocycles. The van der Waals surface area contributed by atoms with Crippen LogP contribution in [0.4, 0.5) is 0 Å². The first-order valence-electron chi connectivity index (χ1n) is 6.82. The van der Waals surface area contributed by atoms with Crippen molar-refractivity contribution < 1.29 is 14.6 Å². The van der Waals surface area contributed by atoms with Crippen LogP contribution in [0.25, 0.3) is 0 Å². The molecule has 2 aromatic rings. The number of hydrogen-bond acceptors (Lipinski definition) is 2. The number of aliphatic carboxylic acids is 1. The number of hydrogen-bond donors (Lipinski definition) is 1. The highest BCUT2D eigenvalue weighted by atomic mass is 35.5. The molecule has 0 aliphatic rings. The lowest BCUT2D eigenvalue weighted by Crippen LogP contribution is -2.29. The fourth-order valence-electron chi connectivity index (χ4n) is 2.17. The van der Waals surface area contributed by atoms with Crippen molar-refractivity contribution in [3.63, 3.8) is 0 Å². The molecule has 0 saturated carbocycles. The van der Waals surface area contributed by atoms with Gasteiger partial charge in [0, 0.05) is 6.42 Å². The predicted octanol–water partition coefficient (Wildman–Crippen LogP) is 3.98. The number of carboxylic acids is 1. The van der Waals surface area contributed by atoms with E-state index in [0.29, 0.717) is 17.2 Å². The smallest absolute Gasteiger partial charge is 0.345 e. The summed E-state index contributed by atoms with van der Waals surface area (Å²) in [6, 6.07) is 14.7. The van der Waals surface area contributed by atoms with Crippen LogP contribution in [0, 0.1) is 0 Å². The fourth-order valence-corrected chi connectivity index (χ4v) is 2.35. The summed E-state index contributed by atoms with van der Waals surface area (Å²) >= 11 is 6.02. The van der Waals surface area contributed by atoms with E-state index in [9.17, 15) is 9.90 Å². The Morgan fingerprint density at radius 2 is 1.76 bits per heavy atom. The molecule has 0 bridgehead atoms. The van der Waals surface area contributed by atoms with Gasteiger partial charge in [-0.1, -0.05) is 54.9 Å². The Labute approximate surface area is 129 Å². The third-order valence-corrected chi connectivity index (χ3v) is 3.60. The average Bonchev–Trinajstić information content (AvgIpc) is 2.49. The number of para-hydroxylation sites is 1. The molecule has 2 aromatic carbocycles. The van der Waals surface area contributed by atoms with Crippen LogP contribution in [0.15, 0.2) is 48.5 Å². The van der Waals surface area contributed by atoms with E-state index in [2.05, 4.69) is 0 Å². The maximum atomic E-state index is 11.5. The molecule has 21 heavy (non-hydrogen) atoms. The van der Waals surface area contributed by atoms with Crippen LogP contribution in [-0.2, 0) is 17.6 Å². The number of aryl methyl sites for hydroxylation is 1. The van der Waals surface area contributed by atoms with E-state index in [0.717, 1.165) is 17.5 Å². The lowest BCUT2D eigenvalue weighted by atomic mass is 10.00. The van der Waals surface area contributed by atoms with E-state index < -0.39 is 12.1 Å². The predicted molar refractivity (Wildman–Crippen MR) is 83.0 cm³/mol. The first kappa shape index (κ1) is 15.4. The molecule has 0 spiro atoms. The summed E-state index contributed by atoms with van der Waals surface area (Å²) in [5.41, 5.74) is 2.12. The van der Waals surface area contributed by atoms with Gasteiger partial charge in [-0.25, -0.2) is 4.79 Å². The zero-order valence-corrected chi connectivity index (χ0v) is 12.5. The van der Waals surface area contributed by atoms with Crippen LogP contribution in [0.5, 0.6) is 5.75 Å². The van der Waals surface area contributed by atoms with Crippen LogP contribution >= 0.6 is 11.6 Å². The van der Waals surface area contributed by atoms with E-state index in [4.69, 9.17) is 16.3 Å². The van der Waals surface area contributed by atoms with Gasteiger partial charge >= 0.3 is 5.97 Å². The van der Waals surface area contributed by atoms with Crippen molar-refractivity contribution >= 4 is 17.6 Å². The lowest BCUT2D eigenvalue weighted by molar-refractivity contribution is -0.145. The third-order valence-electron chi connectivity index (χ3n) is 3.29. The van der Waals surface area contributed by atoms with Gasteiger partial charge in [0.05, 0.1) is 5.02 Å². The number of halogens is 1. The largest absolute Gasteiger partial charge is 0.478 e. The molecule has 0 fully saturated rings. The second-order valence-corrected chi connectivity index (χ2v) is 5.11. The second-order valence-electron chi connectivity index (χ2n) is 4.70. The van der Waals surface area contributed by atoms with E-state index >= 15 is 0 Å². The second kappa shape index (κ2) is 7.14. The maximum absolute atomic E-state index is 11.5. The van der Waals surface area contributed by atoms with Gasteiger partial charge in [0.15, 0.2) is 6.10 Å². The molecule has 0 radical (unpaired) electrons. The molecule has 2 rings (SSSR count). The molecule has 4 heteroatoms. The van der Waals surface area contributed by atoms with Crippen LogP contribution in [0.2, 0.25) is 5.02 Å². The van der Waals surface area contributed by atoms with Gasteiger partial charge in [-0.3, -0.25) is 0 Å². The van der Waals surface area contributed by atoms with Crippen molar-refractivity contribution in [2.24, 2.45) is 0 Å². The molecule has 0 unspecified atom stereocenters. The quantitative estimate of drug-likeness (QED) is 0.878. The van der Waals surface area contributed by atoms with Crippen molar-refractivity contribution in [2.75, 3.05) is 0 Å². The zero-order chi connectivity index (χ0) is 15.2. The SMILES string of the molecule is CCc1ccccc1C[C@H](Oc1ccccc1Cl)C(=O)O. The van der Waals surface area contributed by atoms with Crippen molar-refractivity contribution in [3.05, 3.63) is 64.7 Å². The van der Waals surface area contributed by atoms with Crippen molar-refractivity contribution in [3.8, 4) is 5.75 Å². The standard InChI is InChI=1S/C17H17ClO3/c1-2-12-7-3-4-8-13(12)11-16(17(19)20)21-15-10-6-5-9-14(15)18/h3-10,16H,2,11H2,1H3,(H,19,20)/t16-/m0/s1. The minimum Gasteiger partial charge on any atom is -0.478 e. The summed E-state index contributed by atoms with van der Waals surface area (Å²) in [6.45, 7) is 2.05. The van der Waals surface area contributed by atoms with Crippen LogP contribution in [0.1, 0.15) is 18.1 Å². The minimum atomic E-state index is -0.999. The summed E-state index contributed by atoms with van der Waals surface area (Å²) in [7, 11) is 0. The molecular weight excluding hydrogens is 288 g/mol. The first-order chi connectivity index (χ1) is 10.1. The summed E-state index contributed by atoms with van der Waals surface area (Å²) in [6.07, 6.45) is 0.205. The summed E-state index contributed by atoms with van der Waals surface area (Å²) < 4.78 is 5.58. The molecule has 0 aromatic heterocycles. The van der Waals surface area contributed by atoms with Gasteiger partial charge in [0.1, 0.15) is 5.75 Å². The molecule has 0 heterocycles. The summed E-state index contributed by atoms with van der Waals surface area (Å²) in [4.78, 5) is 11.5. The molecule has 110 valence electrons. The van der Waals surface area contributed by atoms with Crippen LogP contribution in [-0.4, -0.2) is 17.2 Å². The molecule has 0 aliphatic carbocycles. The molecule has 1 N–H and O–H groups in total. The highest BCUT2D eigenvalue weighted by Crippen LogP contribution is 2.25. The lowest BCUT2D eigenvalue weighted by Gasteiger charge is -2.17. The Bertz CT molecular complexity index is 625. The topological polar surface area (TPSA) is 46.5 Å². The first-order valence-corrected chi connectivity index (χ1v) is 7.20. The Kier molecular flexibility index (Phi) is 5.23. The number of rotatable bonds is 6. The van der Waals surface area contributed by atoms with Gasteiger partial charge in [-0.2, -0.15) is 0 Å².